The molecule has 1 amide bonds. The zero-order chi connectivity index (χ0) is 15.6. The largest absolute Gasteiger partial charge is 0.351 e. The van der Waals surface area contributed by atoms with Crippen LogP contribution in [0.2, 0.25) is 10.0 Å². The first-order chi connectivity index (χ1) is 10.6. The van der Waals surface area contributed by atoms with E-state index in [1.54, 1.807) is 18.2 Å². The minimum atomic E-state index is -0.172. The van der Waals surface area contributed by atoms with Crippen molar-refractivity contribution in [3.63, 3.8) is 0 Å². The molecule has 114 valence electrons. The molecule has 2 aromatic carbocycles. The quantitative estimate of drug-likeness (QED) is 0.851. The van der Waals surface area contributed by atoms with Gasteiger partial charge in [0.15, 0.2) is 0 Å². The molecule has 0 unspecified atom stereocenters. The highest BCUT2D eigenvalue weighted by Crippen LogP contribution is 2.43. The maximum atomic E-state index is 12.4. The number of rotatable bonds is 4. The van der Waals surface area contributed by atoms with Crippen LogP contribution in [0, 0.1) is 0 Å². The molecule has 2 nitrogen and oxygen atoms in total. The number of carbonyl (C=O) groups is 1. The van der Waals surface area contributed by atoms with Gasteiger partial charge in [0.1, 0.15) is 0 Å². The number of hydrogen-bond donors (Lipinski definition) is 1. The van der Waals surface area contributed by atoms with Crippen molar-refractivity contribution in [2.75, 3.05) is 6.54 Å². The number of nitrogens with one attached hydrogen (secondary N) is 1. The molecule has 0 atom stereocenters. The molecule has 0 saturated heterocycles. The van der Waals surface area contributed by atoms with Gasteiger partial charge in [0.25, 0.3) is 5.91 Å². The van der Waals surface area contributed by atoms with Gasteiger partial charge in [0.2, 0.25) is 0 Å². The second-order valence-corrected chi connectivity index (χ2v) is 6.65. The SMILES string of the molecule is O=C(NCC1(c2ccccc2)CCC1)c1cc(Cl)ccc1Cl. The van der Waals surface area contributed by atoms with Crippen LogP contribution in [0.25, 0.3) is 0 Å². The maximum Gasteiger partial charge on any atom is 0.252 e. The molecule has 4 heteroatoms. The molecule has 0 radical (unpaired) electrons. The number of benzene rings is 2. The highest BCUT2D eigenvalue weighted by molar-refractivity contribution is 6.35. The molecule has 0 aliphatic heterocycles. The number of carbonyl (C=O) groups excluding carboxylic acids is 1. The van der Waals surface area contributed by atoms with E-state index in [0.29, 0.717) is 22.2 Å². The molecular weight excluding hydrogens is 317 g/mol. The molecule has 0 spiro atoms. The number of halogens is 2. The van der Waals surface area contributed by atoms with E-state index in [2.05, 4.69) is 17.4 Å². The van der Waals surface area contributed by atoms with Crippen molar-refractivity contribution in [2.45, 2.75) is 24.7 Å². The summed E-state index contributed by atoms with van der Waals surface area (Å²) in [6.07, 6.45) is 3.39. The van der Waals surface area contributed by atoms with Crippen molar-refractivity contribution in [1.29, 1.82) is 0 Å². The number of hydrogen-bond acceptors (Lipinski definition) is 1. The third-order valence-electron chi connectivity index (χ3n) is 4.46. The Labute approximate surface area is 140 Å². The van der Waals surface area contributed by atoms with Crippen LogP contribution in [0.3, 0.4) is 0 Å². The van der Waals surface area contributed by atoms with E-state index < -0.39 is 0 Å². The third-order valence-corrected chi connectivity index (χ3v) is 5.02. The monoisotopic (exact) mass is 333 g/mol. The predicted molar refractivity (Wildman–Crippen MR) is 90.8 cm³/mol. The van der Waals surface area contributed by atoms with E-state index in [4.69, 9.17) is 23.2 Å². The third kappa shape index (κ3) is 2.99. The second-order valence-electron chi connectivity index (χ2n) is 5.81. The Hall–Kier alpha value is -1.51. The summed E-state index contributed by atoms with van der Waals surface area (Å²) in [5.41, 5.74) is 1.78. The second kappa shape index (κ2) is 6.31. The molecule has 22 heavy (non-hydrogen) atoms. The topological polar surface area (TPSA) is 29.1 Å². The van der Waals surface area contributed by atoms with Gasteiger partial charge in [-0.25, -0.2) is 0 Å². The van der Waals surface area contributed by atoms with Gasteiger partial charge in [0.05, 0.1) is 10.6 Å². The Morgan fingerprint density at radius 1 is 1.09 bits per heavy atom. The summed E-state index contributed by atoms with van der Waals surface area (Å²) in [5.74, 6) is -0.172. The van der Waals surface area contributed by atoms with E-state index in [1.165, 1.54) is 12.0 Å². The van der Waals surface area contributed by atoms with E-state index in [-0.39, 0.29) is 11.3 Å². The van der Waals surface area contributed by atoms with Crippen LogP contribution in [0.1, 0.15) is 35.2 Å². The lowest BCUT2D eigenvalue weighted by atomic mass is 9.64. The first-order valence-electron chi connectivity index (χ1n) is 7.40. The van der Waals surface area contributed by atoms with Crippen molar-refractivity contribution in [3.05, 3.63) is 69.7 Å². The lowest BCUT2D eigenvalue weighted by Crippen LogP contribution is -2.45. The Kier molecular flexibility index (Phi) is 4.42. The summed E-state index contributed by atoms with van der Waals surface area (Å²) in [6.45, 7) is 0.624. The van der Waals surface area contributed by atoms with E-state index in [1.807, 2.05) is 18.2 Å². The maximum absolute atomic E-state index is 12.4. The van der Waals surface area contributed by atoms with Crippen LogP contribution in [0.5, 0.6) is 0 Å². The van der Waals surface area contributed by atoms with Crippen molar-refractivity contribution in [3.8, 4) is 0 Å². The van der Waals surface area contributed by atoms with Crippen molar-refractivity contribution < 1.29 is 4.79 Å². The standard InChI is InChI=1S/C18H17Cl2NO/c19-14-7-8-16(20)15(11-14)17(22)21-12-18(9-4-10-18)13-5-2-1-3-6-13/h1-3,5-8,11H,4,9-10,12H2,(H,21,22). The van der Waals surface area contributed by atoms with E-state index in [9.17, 15) is 4.79 Å². The molecule has 1 saturated carbocycles. The summed E-state index contributed by atoms with van der Waals surface area (Å²) in [6, 6.07) is 15.3. The summed E-state index contributed by atoms with van der Waals surface area (Å²) in [7, 11) is 0. The molecule has 0 aromatic heterocycles. The van der Waals surface area contributed by atoms with Gasteiger partial charge in [-0.3, -0.25) is 4.79 Å². The molecule has 3 rings (SSSR count). The van der Waals surface area contributed by atoms with Gasteiger partial charge in [-0.15, -0.1) is 0 Å². The molecule has 1 aliphatic carbocycles. The summed E-state index contributed by atoms with van der Waals surface area (Å²) < 4.78 is 0. The zero-order valence-corrected chi connectivity index (χ0v) is 13.6. The van der Waals surface area contributed by atoms with E-state index in [0.717, 1.165) is 12.8 Å². The molecular formula is C18H17Cl2NO. The molecule has 1 aliphatic rings. The molecule has 0 heterocycles. The minimum absolute atomic E-state index is 0.0575. The van der Waals surface area contributed by atoms with Crippen LogP contribution >= 0.6 is 23.2 Å². The summed E-state index contributed by atoms with van der Waals surface area (Å²) in [4.78, 5) is 12.4. The van der Waals surface area contributed by atoms with Gasteiger partial charge in [-0.2, -0.15) is 0 Å². The summed E-state index contributed by atoms with van der Waals surface area (Å²) in [5, 5.41) is 3.96. The van der Waals surface area contributed by atoms with Crippen LogP contribution in [0.15, 0.2) is 48.5 Å². The lowest BCUT2D eigenvalue weighted by Gasteiger charge is -2.42. The first-order valence-corrected chi connectivity index (χ1v) is 8.15. The van der Waals surface area contributed by atoms with Gasteiger partial charge in [-0.05, 0) is 36.6 Å². The average molecular weight is 334 g/mol. The highest BCUT2D eigenvalue weighted by Gasteiger charge is 2.38. The van der Waals surface area contributed by atoms with Gasteiger partial charge < -0.3 is 5.32 Å². The average Bonchev–Trinajstić information content (AvgIpc) is 2.49. The van der Waals surface area contributed by atoms with Crippen LogP contribution in [0.4, 0.5) is 0 Å². The van der Waals surface area contributed by atoms with Gasteiger partial charge in [-0.1, -0.05) is 60.0 Å². The van der Waals surface area contributed by atoms with Crippen LogP contribution in [-0.4, -0.2) is 12.5 Å². The molecule has 0 bridgehead atoms. The van der Waals surface area contributed by atoms with Crippen LogP contribution < -0.4 is 5.32 Å². The Morgan fingerprint density at radius 3 is 2.45 bits per heavy atom. The Morgan fingerprint density at radius 2 is 1.82 bits per heavy atom. The fourth-order valence-electron chi connectivity index (χ4n) is 2.98. The highest BCUT2D eigenvalue weighted by atomic mass is 35.5. The van der Waals surface area contributed by atoms with Crippen molar-refractivity contribution >= 4 is 29.1 Å². The van der Waals surface area contributed by atoms with E-state index >= 15 is 0 Å². The summed E-state index contributed by atoms with van der Waals surface area (Å²) >= 11 is 12.0. The molecule has 1 N–H and O–H groups in total. The molecule has 1 fully saturated rings. The van der Waals surface area contributed by atoms with Crippen LogP contribution in [-0.2, 0) is 5.41 Å². The normalized spacial score (nSPS) is 15.9. The zero-order valence-electron chi connectivity index (χ0n) is 12.1. The Bertz CT molecular complexity index is 681. The predicted octanol–water partition coefficient (Wildman–Crippen LogP) is 4.85. The fraction of sp³-hybridized carbons (Fsp3) is 0.278. The molecule has 2 aromatic rings. The minimum Gasteiger partial charge on any atom is -0.351 e. The number of amides is 1. The lowest BCUT2D eigenvalue weighted by molar-refractivity contribution is 0.0928. The van der Waals surface area contributed by atoms with Gasteiger partial charge >= 0.3 is 0 Å². The Balaban J connectivity index is 1.74. The fourth-order valence-corrected chi connectivity index (χ4v) is 3.35. The first kappa shape index (κ1) is 15.4. The van der Waals surface area contributed by atoms with Gasteiger partial charge in [0, 0.05) is 17.0 Å². The van der Waals surface area contributed by atoms with Crippen molar-refractivity contribution in [1.82, 2.24) is 5.32 Å². The smallest absolute Gasteiger partial charge is 0.252 e. The van der Waals surface area contributed by atoms with Crippen molar-refractivity contribution in [2.24, 2.45) is 0 Å².